The van der Waals surface area contributed by atoms with Gasteiger partial charge in [-0.2, -0.15) is 0 Å². The summed E-state index contributed by atoms with van der Waals surface area (Å²) in [6.45, 7) is 4.20. The molecule has 1 rings (SSSR count). The molecule has 5 heteroatoms. The molecule has 0 spiro atoms. The van der Waals surface area contributed by atoms with Crippen LogP contribution in [0, 0.1) is 0 Å². The minimum absolute atomic E-state index is 0.141. The van der Waals surface area contributed by atoms with E-state index in [0.29, 0.717) is 12.1 Å². The first-order valence-electron chi connectivity index (χ1n) is 7.24. The zero-order valence-corrected chi connectivity index (χ0v) is 12.6. The average molecular weight is 290 g/mol. The second kappa shape index (κ2) is 9.69. The van der Waals surface area contributed by atoms with Crippen LogP contribution in [0.1, 0.15) is 49.9 Å². The molecular formula is C16H22N2O3. The van der Waals surface area contributed by atoms with Gasteiger partial charge in [0.25, 0.3) is 0 Å². The van der Waals surface area contributed by atoms with Crippen molar-refractivity contribution in [1.82, 2.24) is 5.32 Å². The highest BCUT2D eigenvalue weighted by Crippen LogP contribution is 2.02. The number of oxime groups is 1. The van der Waals surface area contributed by atoms with E-state index in [4.69, 9.17) is 0 Å². The van der Waals surface area contributed by atoms with Gasteiger partial charge in [0.1, 0.15) is 5.71 Å². The van der Waals surface area contributed by atoms with E-state index in [1.807, 2.05) is 6.07 Å². The van der Waals surface area contributed by atoms with Gasteiger partial charge in [-0.25, -0.2) is 4.79 Å². The normalized spacial score (nSPS) is 11.0. The Labute approximate surface area is 125 Å². The number of nitrogens with zero attached hydrogens (tertiary/aromatic N) is 1. The lowest BCUT2D eigenvalue weighted by Gasteiger charge is -2.03. The minimum Gasteiger partial charge on any atom is -0.320 e. The summed E-state index contributed by atoms with van der Waals surface area (Å²) in [5.74, 6) is -0.258. The molecule has 0 radical (unpaired) electrons. The first-order valence-corrected chi connectivity index (χ1v) is 7.24. The number of unbranched alkanes of at least 4 members (excludes halogenated alkanes) is 3. The Bertz CT molecular complexity index is 484. The Morgan fingerprint density at radius 3 is 2.52 bits per heavy atom. The van der Waals surface area contributed by atoms with Crippen molar-refractivity contribution in [2.45, 2.75) is 39.5 Å². The molecule has 0 bridgehead atoms. The lowest BCUT2D eigenvalue weighted by atomic mass is 10.1. The molecule has 114 valence electrons. The lowest BCUT2D eigenvalue weighted by molar-refractivity contribution is 0.105. The number of carbonyl (C=O) groups is 2. The zero-order valence-electron chi connectivity index (χ0n) is 12.6. The Kier molecular flexibility index (Phi) is 7.79. The fraction of sp³-hybridized carbons (Fsp3) is 0.438. The molecule has 0 heterocycles. The second-order valence-electron chi connectivity index (χ2n) is 4.74. The average Bonchev–Trinajstić information content (AvgIpc) is 2.52. The van der Waals surface area contributed by atoms with E-state index in [2.05, 4.69) is 22.2 Å². The van der Waals surface area contributed by atoms with Gasteiger partial charge in [-0.3, -0.25) is 9.63 Å². The molecule has 0 atom stereocenters. The van der Waals surface area contributed by atoms with E-state index in [1.165, 1.54) is 6.92 Å². The number of nitrogens with one attached hydrogen (secondary N) is 1. The predicted octanol–water partition coefficient (Wildman–Crippen LogP) is 3.55. The fourth-order valence-corrected chi connectivity index (χ4v) is 1.72. The van der Waals surface area contributed by atoms with Gasteiger partial charge in [0.2, 0.25) is 5.78 Å². The number of benzene rings is 1. The van der Waals surface area contributed by atoms with Crippen LogP contribution in [0.25, 0.3) is 0 Å². The highest BCUT2D eigenvalue weighted by atomic mass is 16.7. The van der Waals surface area contributed by atoms with Crippen molar-refractivity contribution < 1.29 is 14.4 Å². The van der Waals surface area contributed by atoms with Crippen molar-refractivity contribution in [3.05, 3.63) is 35.9 Å². The summed E-state index contributed by atoms with van der Waals surface area (Å²) in [4.78, 5) is 28.0. The number of hydrogen-bond donors (Lipinski definition) is 1. The number of ketones is 1. The highest BCUT2D eigenvalue weighted by Gasteiger charge is 2.10. The highest BCUT2D eigenvalue weighted by molar-refractivity contribution is 6.45. The Morgan fingerprint density at radius 2 is 1.86 bits per heavy atom. The molecule has 0 saturated carbocycles. The van der Waals surface area contributed by atoms with E-state index in [0.717, 1.165) is 25.7 Å². The van der Waals surface area contributed by atoms with Crippen LogP contribution in [0.3, 0.4) is 0 Å². The molecule has 1 aromatic rings. The van der Waals surface area contributed by atoms with Crippen LogP contribution in [0.4, 0.5) is 4.79 Å². The summed E-state index contributed by atoms with van der Waals surface area (Å²) >= 11 is 0. The van der Waals surface area contributed by atoms with Gasteiger partial charge in [0.05, 0.1) is 0 Å². The van der Waals surface area contributed by atoms with Crippen LogP contribution in [-0.2, 0) is 4.84 Å². The van der Waals surface area contributed by atoms with Crippen LogP contribution < -0.4 is 5.32 Å². The van der Waals surface area contributed by atoms with E-state index >= 15 is 0 Å². The molecule has 0 aromatic heterocycles. The van der Waals surface area contributed by atoms with E-state index in [9.17, 15) is 9.59 Å². The molecule has 0 aliphatic rings. The van der Waals surface area contributed by atoms with Crippen LogP contribution in [-0.4, -0.2) is 24.1 Å². The van der Waals surface area contributed by atoms with Crippen molar-refractivity contribution in [2.75, 3.05) is 6.54 Å². The van der Waals surface area contributed by atoms with Gasteiger partial charge in [0, 0.05) is 12.1 Å². The molecule has 1 N–H and O–H groups in total. The third-order valence-corrected chi connectivity index (χ3v) is 2.93. The SMILES string of the molecule is CCCCCCNC(=O)O/N=C(/C)C(=O)c1ccccc1. The van der Waals surface area contributed by atoms with Gasteiger partial charge >= 0.3 is 6.09 Å². The van der Waals surface area contributed by atoms with Gasteiger partial charge in [-0.1, -0.05) is 61.7 Å². The molecule has 0 fully saturated rings. The molecule has 21 heavy (non-hydrogen) atoms. The molecule has 5 nitrogen and oxygen atoms in total. The largest absolute Gasteiger partial charge is 0.433 e. The van der Waals surface area contributed by atoms with Crippen LogP contribution in [0.15, 0.2) is 35.5 Å². The number of Topliss-reactive ketones (excluding diaryl/α,β-unsaturated/α-hetero) is 1. The molecule has 0 saturated heterocycles. The molecule has 0 aliphatic carbocycles. The first-order chi connectivity index (χ1) is 10.1. The third-order valence-electron chi connectivity index (χ3n) is 2.93. The molecule has 1 amide bonds. The van der Waals surface area contributed by atoms with Crippen LogP contribution in [0.5, 0.6) is 0 Å². The lowest BCUT2D eigenvalue weighted by Crippen LogP contribution is -2.24. The van der Waals surface area contributed by atoms with E-state index < -0.39 is 6.09 Å². The van der Waals surface area contributed by atoms with Gasteiger partial charge < -0.3 is 5.32 Å². The quantitative estimate of drug-likeness (QED) is 0.262. The Balaban J connectivity index is 2.34. The Hall–Kier alpha value is -2.17. The first kappa shape index (κ1) is 16.9. The molecule has 1 aromatic carbocycles. The maximum Gasteiger partial charge on any atom is 0.433 e. The monoisotopic (exact) mass is 290 g/mol. The van der Waals surface area contributed by atoms with Crippen LogP contribution >= 0.6 is 0 Å². The summed E-state index contributed by atoms with van der Waals surface area (Å²) in [6.07, 6.45) is 3.65. The summed E-state index contributed by atoms with van der Waals surface area (Å²) in [5.41, 5.74) is 0.657. The van der Waals surface area contributed by atoms with Crippen LogP contribution in [0.2, 0.25) is 0 Å². The maximum absolute atomic E-state index is 11.9. The fourth-order valence-electron chi connectivity index (χ4n) is 1.72. The summed E-state index contributed by atoms with van der Waals surface area (Å²) in [6, 6.07) is 8.74. The van der Waals surface area contributed by atoms with Crippen molar-refractivity contribution in [1.29, 1.82) is 0 Å². The zero-order chi connectivity index (χ0) is 15.5. The second-order valence-corrected chi connectivity index (χ2v) is 4.74. The topological polar surface area (TPSA) is 67.8 Å². The van der Waals surface area contributed by atoms with Gasteiger partial charge in [0.15, 0.2) is 0 Å². The van der Waals surface area contributed by atoms with E-state index in [-0.39, 0.29) is 11.5 Å². The number of hydrogen-bond acceptors (Lipinski definition) is 4. The predicted molar refractivity (Wildman–Crippen MR) is 82.5 cm³/mol. The molecular weight excluding hydrogens is 268 g/mol. The van der Waals surface area contributed by atoms with Crippen molar-refractivity contribution in [3.8, 4) is 0 Å². The summed E-state index contributed by atoms with van der Waals surface area (Å²) in [5, 5.41) is 6.17. The van der Waals surface area contributed by atoms with Crippen molar-refractivity contribution in [2.24, 2.45) is 5.16 Å². The van der Waals surface area contributed by atoms with Gasteiger partial charge in [-0.05, 0) is 13.3 Å². The van der Waals surface area contributed by atoms with Gasteiger partial charge in [-0.15, -0.1) is 0 Å². The van der Waals surface area contributed by atoms with E-state index in [1.54, 1.807) is 24.3 Å². The molecule has 0 unspecified atom stereocenters. The summed E-state index contributed by atoms with van der Waals surface area (Å²) < 4.78 is 0. The minimum atomic E-state index is -0.633. The maximum atomic E-state index is 11.9. The third kappa shape index (κ3) is 6.70. The number of amides is 1. The number of carbonyl (C=O) groups excluding carboxylic acids is 2. The number of rotatable bonds is 8. The van der Waals surface area contributed by atoms with Crippen molar-refractivity contribution in [3.63, 3.8) is 0 Å². The molecule has 0 aliphatic heterocycles. The smallest absolute Gasteiger partial charge is 0.320 e. The van der Waals surface area contributed by atoms with Crippen molar-refractivity contribution >= 4 is 17.6 Å². The standard InChI is InChI=1S/C16H22N2O3/c1-3-4-5-9-12-17-16(20)21-18-13(2)15(19)14-10-7-6-8-11-14/h6-8,10-11H,3-5,9,12H2,1-2H3,(H,17,20)/b18-13-. The summed E-state index contributed by atoms with van der Waals surface area (Å²) in [7, 11) is 0. The Morgan fingerprint density at radius 1 is 1.14 bits per heavy atom.